The van der Waals surface area contributed by atoms with Crippen molar-refractivity contribution in [2.45, 2.75) is 6.92 Å². The third kappa shape index (κ3) is 2.30. The lowest BCUT2D eigenvalue weighted by Gasteiger charge is -2.13. The van der Waals surface area contributed by atoms with Gasteiger partial charge in [0.1, 0.15) is 0 Å². The van der Waals surface area contributed by atoms with Crippen LogP contribution in [0.15, 0.2) is 67.2 Å². The summed E-state index contributed by atoms with van der Waals surface area (Å²) in [4.78, 5) is 0. The van der Waals surface area contributed by atoms with Gasteiger partial charge < -0.3 is 5.32 Å². The van der Waals surface area contributed by atoms with E-state index in [0.29, 0.717) is 0 Å². The first kappa shape index (κ1) is 12.5. The second kappa shape index (κ2) is 5.22. The quantitative estimate of drug-likeness (QED) is 0.651. The highest BCUT2D eigenvalue weighted by Crippen LogP contribution is 2.28. The largest absolute Gasteiger partial charge is 0.355 e. The van der Waals surface area contributed by atoms with Crippen LogP contribution in [0.1, 0.15) is 11.1 Å². The predicted octanol–water partition coefficient (Wildman–Crippen LogP) is 5.53. The maximum Gasteiger partial charge on any atom is 0.0464 e. The molecule has 0 aliphatic carbocycles. The molecular formula is C19H17N. The molecule has 0 unspecified atom stereocenters. The SMILES string of the molecule is C=Cc1cc(C)ccc1Nc1cccc2ccccc12. The van der Waals surface area contributed by atoms with Crippen molar-refractivity contribution in [2.75, 3.05) is 5.32 Å². The Hall–Kier alpha value is -2.54. The minimum Gasteiger partial charge on any atom is -0.355 e. The zero-order chi connectivity index (χ0) is 13.9. The van der Waals surface area contributed by atoms with Crippen molar-refractivity contribution in [3.8, 4) is 0 Å². The molecule has 0 saturated heterocycles. The van der Waals surface area contributed by atoms with Crippen molar-refractivity contribution in [1.82, 2.24) is 0 Å². The summed E-state index contributed by atoms with van der Waals surface area (Å²) in [5.41, 5.74) is 4.57. The van der Waals surface area contributed by atoms with E-state index in [0.717, 1.165) is 16.9 Å². The molecular weight excluding hydrogens is 242 g/mol. The van der Waals surface area contributed by atoms with Gasteiger partial charge in [-0.3, -0.25) is 0 Å². The minimum absolute atomic E-state index is 1.09. The van der Waals surface area contributed by atoms with Crippen LogP contribution < -0.4 is 5.32 Å². The van der Waals surface area contributed by atoms with Crippen LogP contribution >= 0.6 is 0 Å². The van der Waals surface area contributed by atoms with Crippen LogP contribution in [0.2, 0.25) is 0 Å². The van der Waals surface area contributed by atoms with Gasteiger partial charge >= 0.3 is 0 Å². The van der Waals surface area contributed by atoms with Gasteiger partial charge in [-0.05, 0) is 36.1 Å². The topological polar surface area (TPSA) is 12.0 Å². The van der Waals surface area contributed by atoms with Gasteiger partial charge in [-0.2, -0.15) is 0 Å². The number of aryl methyl sites for hydroxylation is 1. The molecule has 0 aliphatic heterocycles. The Morgan fingerprint density at radius 2 is 1.70 bits per heavy atom. The monoisotopic (exact) mass is 259 g/mol. The Morgan fingerprint density at radius 1 is 0.900 bits per heavy atom. The molecule has 0 bridgehead atoms. The van der Waals surface area contributed by atoms with Crippen molar-refractivity contribution in [1.29, 1.82) is 0 Å². The Bertz CT molecular complexity index is 766. The van der Waals surface area contributed by atoms with E-state index in [1.807, 2.05) is 6.08 Å². The van der Waals surface area contributed by atoms with Gasteiger partial charge in [-0.25, -0.2) is 0 Å². The Balaban J connectivity index is 2.08. The molecule has 0 radical (unpaired) electrons. The first-order chi connectivity index (χ1) is 9.78. The number of nitrogens with one attached hydrogen (secondary N) is 1. The molecule has 0 fully saturated rings. The van der Waals surface area contributed by atoms with E-state index in [9.17, 15) is 0 Å². The van der Waals surface area contributed by atoms with E-state index in [4.69, 9.17) is 0 Å². The highest BCUT2D eigenvalue weighted by molar-refractivity contribution is 5.95. The van der Waals surface area contributed by atoms with Crippen LogP contribution in [0.25, 0.3) is 16.8 Å². The summed E-state index contributed by atoms with van der Waals surface area (Å²) < 4.78 is 0. The van der Waals surface area contributed by atoms with Crippen LogP contribution in [-0.2, 0) is 0 Å². The summed E-state index contributed by atoms with van der Waals surface area (Å²) in [7, 11) is 0. The lowest BCUT2D eigenvalue weighted by atomic mass is 10.1. The van der Waals surface area contributed by atoms with Crippen molar-refractivity contribution in [3.63, 3.8) is 0 Å². The van der Waals surface area contributed by atoms with E-state index < -0.39 is 0 Å². The molecule has 1 heteroatoms. The summed E-state index contributed by atoms with van der Waals surface area (Å²) in [6.45, 7) is 5.99. The zero-order valence-electron chi connectivity index (χ0n) is 11.6. The second-order valence-electron chi connectivity index (χ2n) is 4.95. The zero-order valence-corrected chi connectivity index (χ0v) is 11.6. The van der Waals surface area contributed by atoms with E-state index in [1.54, 1.807) is 0 Å². The number of fused-ring (bicyclic) bond motifs is 1. The summed E-state index contributed by atoms with van der Waals surface area (Å²) in [6.07, 6.45) is 1.89. The molecule has 1 N–H and O–H groups in total. The normalized spacial score (nSPS) is 10.4. The molecule has 0 saturated carbocycles. The Kier molecular flexibility index (Phi) is 3.26. The number of hydrogen-bond acceptors (Lipinski definition) is 1. The summed E-state index contributed by atoms with van der Waals surface area (Å²) in [5.74, 6) is 0. The average molecular weight is 259 g/mol. The molecule has 0 spiro atoms. The first-order valence-electron chi connectivity index (χ1n) is 6.76. The van der Waals surface area contributed by atoms with E-state index in [-0.39, 0.29) is 0 Å². The van der Waals surface area contributed by atoms with Crippen molar-refractivity contribution >= 4 is 28.2 Å². The molecule has 3 aromatic carbocycles. The van der Waals surface area contributed by atoms with Gasteiger partial charge in [0.25, 0.3) is 0 Å². The molecule has 20 heavy (non-hydrogen) atoms. The fourth-order valence-corrected chi connectivity index (χ4v) is 2.44. The smallest absolute Gasteiger partial charge is 0.0464 e. The van der Waals surface area contributed by atoms with Crippen molar-refractivity contribution < 1.29 is 0 Å². The highest BCUT2D eigenvalue weighted by Gasteiger charge is 2.03. The summed E-state index contributed by atoms with van der Waals surface area (Å²) in [6, 6.07) is 21.1. The Labute approximate surface area is 119 Å². The van der Waals surface area contributed by atoms with Crippen LogP contribution in [-0.4, -0.2) is 0 Å². The lowest BCUT2D eigenvalue weighted by molar-refractivity contribution is 1.44. The van der Waals surface area contributed by atoms with Crippen molar-refractivity contribution in [3.05, 3.63) is 78.4 Å². The van der Waals surface area contributed by atoms with Gasteiger partial charge in [0.2, 0.25) is 0 Å². The van der Waals surface area contributed by atoms with E-state index in [1.165, 1.54) is 16.3 Å². The number of rotatable bonds is 3. The van der Waals surface area contributed by atoms with Crippen LogP contribution in [0.4, 0.5) is 11.4 Å². The number of hydrogen-bond donors (Lipinski definition) is 1. The molecule has 3 aromatic rings. The molecule has 0 aliphatic rings. The first-order valence-corrected chi connectivity index (χ1v) is 6.76. The van der Waals surface area contributed by atoms with Crippen LogP contribution in [0.5, 0.6) is 0 Å². The maximum atomic E-state index is 3.90. The fourth-order valence-electron chi connectivity index (χ4n) is 2.44. The molecule has 3 rings (SSSR count). The number of benzene rings is 3. The minimum atomic E-state index is 1.09. The third-order valence-electron chi connectivity index (χ3n) is 3.49. The highest BCUT2D eigenvalue weighted by atomic mass is 14.9. The third-order valence-corrected chi connectivity index (χ3v) is 3.49. The van der Waals surface area contributed by atoms with Gasteiger partial charge in [-0.1, -0.05) is 60.7 Å². The van der Waals surface area contributed by atoms with Gasteiger partial charge in [0.05, 0.1) is 0 Å². The Morgan fingerprint density at radius 3 is 2.55 bits per heavy atom. The predicted molar refractivity (Wildman–Crippen MR) is 88.5 cm³/mol. The van der Waals surface area contributed by atoms with Crippen LogP contribution in [0, 0.1) is 6.92 Å². The molecule has 0 heterocycles. The lowest BCUT2D eigenvalue weighted by Crippen LogP contribution is -1.94. The fraction of sp³-hybridized carbons (Fsp3) is 0.0526. The molecule has 0 aromatic heterocycles. The summed E-state index contributed by atoms with van der Waals surface area (Å²) in [5, 5.41) is 5.99. The van der Waals surface area contributed by atoms with Crippen molar-refractivity contribution in [2.24, 2.45) is 0 Å². The summed E-state index contributed by atoms with van der Waals surface area (Å²) >= 11 is 0. The molecule has 98 valence electrons. The number of anilines is 2. The van der Waals surface area contributed by atoms with Crippen LogP contribution in [0.3, 0.4) is 0 Å². The maximum absolute atomic E-state index is 3.90. The van der Waals surface area contributed by atoms with Gasteiger partial charge in [0.15, 0.2) is 0 Å². The standard InChI is InChI=1S/C19H17N/c1-3-15-13-14(2)11-12-18(15)20-19-10-6-8-16-7-4-5-9-17(16)19/h3-13,20H,1H2,2H3. The second-order valence-corrected chi connectivity index (χ2v) is 4.95. The molecule has 0 amide bonds. The van der Waals surface area contributed by atoms with E-state index >= 15 is 0 Å². The van der Waals surface area contributed by atoms with Gasteiger partial charge in [-0.15, -0.1) is 0 Å². The van der Waals surface area contributed by atoms with Gasteiger partial charge in [0, 0.05) is 16.8 Å². The molecule has 0 atom stereocenters. The van der Waals surface area contributed by atoms with E-state index in [2.05, 4.69) is 79.5 Å². The average Bonchev–Trinajstić information content (AvgIpc) is 2.49. The molecule has 1 nitrogen and oxygen atoms in total.